The number of carbonyl (C=O) groups excluding carboxylic acids is 2. The minimum Gasteiger partial charge on any atom is -0.445 e. The van der Waals surface area contributed by atoms with Crippen molar-refractivity contribution in [3.8, 4) is 0 Å². The summed E-state index contributed by atoms with van der Waals surface area (Å²) in [6, 6.07) is 25.1. The van der Waals surface area contributed by atoms with Crippen LogP contribution in [0.1, 0.15) is 36.1 Å². The lowest BCUT2D eigenvalue weighted by Crippen LogP contribution is -2.48. The average molecular weight is 402 g/mol. The first-order valence-corrected chi connectivity index (χ1v) is 10.1. The molecule has 1 heterocycles. The highest BCUT2D eigenvalue weighted by atomic mass is 16.5. The van der Waals surface area contributed by atoms with Crippen molar-refractivity contribution in [2.75, 3.05) is 0 Å². The van der Waals surface area contributed by atoms with Crippen molar-refractivity contribution in [2.45, 2.75) is 37.8 Å². The fourth-order valence-electron chi connectivity index (χ4n) is 3.52. The van der Waals surface area contributed by atoms with Gasteiger partial charge < -0.3 is 14.8 Å². The van der Waals surface area contributed by atoms with Crippen molar-refractivity contribution in [1.82, 2.24) is 10.3 Å². The van der Waals surface area contributed by atoms with E-state index in [4.69, 9.17) is 4.74 Å². The second-order valence-electron chi connectivity index (χ2n) is 7.19. The molecule has 1 amide bonds. The maximum atomic E-state index is 12.8. The minimum atomic E-state index is -0.730. The number of nitrogens with zero attached hydrogens (tertiary/aromatic N) is 1. The summed E-state index contributed by atoms with van der Waals surface area (Å²) in [4.78, 5) is 28.2. The molecule has 154 valence electrons. The SMILES string of the molecule is O=CCCCC(Cc1ccccn1)(NC(=O)OCc1ccccc1)c1ccccc1. The van der Waals surface area contributed by atoms with E-state index in [2.05, 4.69) is 10.3 Å². The van der Waals surface area contributed by atoms with Crippen LogP contribution in [-0.4, -0.2) is 17.4 Å². The number of alkyl carbamates (subject to hydrolysis) is 1. The number of benzene rings is 2. The van der Waals surface area contributed by atoms with Gasteiger partial charge in [0.1, 0.15) is 12.9 Å². The number of rotatable bonds is 10. The maximum Gasteiger partial charge on any atom is 0.408 e. The number of aldehydes is 1. The Morgan fingerprint density at radius 3 is 2.33 bits per heavy atom. The summed E-state index contributed by atoms with van der Waals surface area (Å²) in [5.74, 6) is 0. The predicted molar refractivity (Wildman–Crippen MR) is 116 cm³/mol. The van der Waals surface area contributed by atoms with Crippen molar-refractivity contribution < 1.29 is 14.3 Å². The van der Waals surface area contributed by atoms with Gasteiger partial charge in [0.15, 0.2) is 0 Å². The molecule has 0 saturated carbocycles. The zero-order valence-electron chi connectivity index (χ0n) is 16.9. The van der Waals surface area contributed by atoms with Crippen LogP contribution in [0, 0.1) is 0 Å². The zero-order chi connectivity index (χ0) is 21.1. The summed E-state index contributed by atoms with van der Waals surface area (Å²) in [7, 11) is 0. The number of hydrogen-bond acceptors (Lipinski definition) is 4. The smallest absolute Gasteiger partial charge is 0.408 e. The second kappa shape index (κ2) is 10.9. The van der Waals surface area contributed by atoms with Crippen LogP contribution in [0.3, 0.4) is 0 Å². The third kappa shape index (κ3) is 6.01. The Hall–Kier alpha value is -3.47. The molecule has 0 radical (unpaired) electrons. The van der Waals surface area contributed by atoms with Crippen LogP contribution in [0.2, 0.25) is 0 Å². The van der Waals surface area contributed by atoms with Crippen molar-refractivity contribution in [3.05, 3.63) is 102 Å². The van der Waals surface area contributed by atoms with Gasteiger partial charge in [0.2, 0.25) is 0 Å². The van der Waals surface area contributed by atoms with Gasteiger partial charge in [-0.1, -0.05) is 66.7 Å². The third-order valence-electron chi connectivity index (χ3n) is 5.02. The molecule has 1 atom stereocenters. The van der Waals surface area contributed by atoms with E-state index in [1.165, 1.54) is 0 Å². The Morgan fingerprint density at radius 2 is 1.67 bits per heavy atom. The summed E-state index contributed by atoms with van der Waals surface area (Å²) in [5.41, 5.74) is 2.00. The Balaban J connectivity index is 1.85. The molecular weight excluding hydrogens is 376 g/mol. The number of ether oxygens (including phenoxy) is 1. The lowest BCUT2D eigenvalue weighted by Gasteiger charge is -2.35. The number of aromatic nitrogens is 1. The van der Waals surface area contributed by atoms with Gasteiger partial charge >= 0.3 is 6.09 Å². The van der Waals surface area contributed by atoms with Crippen LogP contribution in [0.15, 0.2) is 85.1 Å². The lowest BCUT2D eigenvalue weighted by atomic mass is 9.81. The van der Waals surface area contributed by atoms with Crippen LogP contribution in [0.25, 0.3) is 0 Å². The molecule has 2 aromatic carbocycles. The molecule has 0 aliphatic heterocycles. The molecule has 3 rings (SSSR count). The van der Waals surface area contributed by atoms with E-state index in [0.717, 1.165) is 23.1 Å². The molecule has 1 aromatic heterocycles. The fourth-order valence-corrected chi connectivity index (χ4v) is 3.52. The molecule has 5 nitrogen and oxygen atoms in total. The van der Waals surface area contributed by atoms with E-state index in [9.17, 15) is 9.59 Å². The number of pyridine rings is 1. The topological polar surface area (TPSA) is 68.3 Å². The Kier molecular flexibility index (Phi) is 7.72. The molecule has 1 unspecified atom stereocenters. The third-order valence-corrected chi connectivity index (χ3v) is 5.02. The van der Waals surface area contributed by atoms with Crippen LogP contribution in [0.5, 0.6) is 0 Å². The molecule has 5 heteroatoms. The van der Waals surface area contributed by atoms with Gasteiger partial charge in [0.05, 0.1) is 5.54 Å². The summed E-state index contributed by atoms with van der Waals surface area (Å²) in [6.45, 7) is 0.190. The molecule has 0 aliphatic carbocycles. The normalized spacial score (nSPS) is 12.5. The zero-order valence-corrected chi connectivity index (χ0v) is 16.9. The largest absolute Gasteiger partial charge is 0.445 e. The van der Waals surface area contributed by atoms with Gasteiger partial charge in [-0.15, -0.1) is 0 Å². The number of amides is 1. The molecule has 0 spiro atoms. The second-order valence-corrected chi connectivity index (χ2v) is 7.19. The fraction of sp³-hybridized carbons (Fsp3) is 0.240. The van der Waals surface area contributed by atoms with Crippen molar-refractivity contribution in [1.29, 1.82) is 0 Å². The summed E-state index contributed by atoms with van der Waals surface area (Å²) in [6.07, 6.45) is 4.31. The van der Waals surface area contributed by atoms with E-state index in [1.54, 1.807) is 6.20 Å². The van der Waals surface area contributed by atoms with Gasteiger partial charge in [0, 0.05) is 24.7 Å². The summed E-state index contributed by atoms with van der Waals surface area (Å²) >= 11 is 0. The Labute approximate surface area is 177 Å². The van der Waals surface area contributed by atoms with Crippen LogP contribution in [0.4, 0.5) is 4.79 Å². The molecule has 30 heavy (non-hydrogen) atoms. The lowest BCUT2D eigenvalue weighted by molar-refractivity contribution is -0.108. The molecular formula is C25H26N2O3. The highest BCUT2D eigenvalue weighted by molar-refractivity contribution is 5.69. The first-order valence-electron chi connectivity index (χ1n) is 10.1. The predicted octanol–water partition coefficient (Wildman–Crippen LogP) is 4.82. The van der Waals surface area contributed by atoms with Crippen LogP contribution >= 0.6 is 0 Å². The van der Waals surface area contributed by atoms with Gasteiger partial charge in [-0.2, -0.15) is 0 Å². The monoisotopic (exact) mass is 402 g/mol. The molecule has 0 fully saturated rings. The van der Waals surface area contributed by atoms with E-state index in [-0.39, 0.29) is 6.61 Å². The van der Waals surface area contributed by atoms with Crippen molar-refractivity contribution >= 4 is 12.4 Å². The molecule has 3 aromatic rings. The Morgan fingerprint density at radius 1 is 0.967 bits per heavy atom. The van der Waals surface area contributed by atoms with E-state index in [0.29, 0.717) is 25.7 Å². The number of hydrogen-bond donors (Lipinski definition) is 1. The molecule has 0 aliphatic rings. The maximum absolute atomic E-state index is 12.8. The summed E-state index contributed by atoms with van der Waals surface area (Å²) in [5, 5.41) is 3.11. The first kappa shape index (κ1) is 21.2. The van der Waals surface area contributed by atoms with Crippen LogP contribution in [-0.2, 0) is 28.1 Å². The highest BCUT2D eigenvalue weighted by Gasteiger charge is 2.35. The van der Waals surface area contributed by atoms with E-state index >= 15 is 0 Å². The van der Waals surface area contributed by atoms with Crippen molar-refractivity contribution in [3.63, 3.8) is 0 Å². The van der Waals surface area contributed by atoms with Gasteiger partial charge in [0.25, 0.3) is 0 Å². The highest BCUT2D eigenvalue weighted by Crippen LogP contribution is 2.31. The summed E-state index contributed by atoms with van der Waals surface area (Å²) < 4.78 is 5.51. The van der Waals surface area contributed by atoms with E-state index < -0.39 is 11.6 Å². The van der Waals surface area contributed by atoms with Gasteiger partial charge in [-0.3, -0.25) is 4.98 Å². The van der Waals surface area contributed by atoms with Gasteiger partial charge in [-0.05, 0) is 36.1 Å². The standard InChI is InChI=1S/C25H26N2O3/c28-18-10-8-16-25(22-13-5-2-6-14-22,19-23-15-7-9-17-26-23)27-24(29)30-20-21-11-3-1-4-12-21/h1-7,9,11-15,17-18H,8,10,16,19-20H2,(H,27,29). The number of unbranched alkanes of at least 4 members (excludes halogenated alkanes) is 1. The molecule has 0 bridgehead atoms. The number of nitrogens with one attached hydrogen (secondary N) is 1. The number of carbonyl (C=O) groups is 2. The molecule has 1 N–H and O–H groups in total. The Bertz CT molecular complexity index is 917. The quantitative estimate of drug-likeness (QED) is 0.390. The van der Waals surface area contributed by atoms with Crippen LogP contribution < -0.4 is 5.32 Å². The average Bonchev–Trinajstić information content (AvgIpc) is 2.80. The van der Waals surface area contributed by atoms with Crippen molar-refractivity contribution in [2.24, 2.45) is 0 Å². The van der Waals surface area contributed by atoms with E-state index in [1.807, 2.05) is 78.9 Å². The minimum absolute atomic E-state index is 0.190. The van der Waals surface area contributed by atoms with Gasteiger partial charge in [-0.25, -0.2) is 4.79 Å². The first-order chi connectivity index (χ1) is 14.7. The molecule has 0 saturated heterocycles.